The molecule has 0 atom stereocenters. The number of rotatable bonds is 9. The number of hydrogen-bond donors (Lipinski definition) is 0. The summed E-state index contributed by atoms with van der Waals surface area (Å²) in [5.41, 5.74) is 0. The van der Waals surface area contributed by atoms with Gasteiger partial charge in [0.1, 0.15) is 0 Å². The molecule has 1 heteroatoms. The van der Waals surface area contributed by atoms with E-state index in [1.807, 2.05) is 0 Å². The van der Waals surface area contributed by atoms with Gasteiger partial charge in [-0.15, -0.1) is 0 Å². The van der Waals surface area contributed by atoms with Crippen LogP contribution in [0.2, 0.25) is 4.44 Å². The van der Waals surface area contributed by atoms with Crippen molar-refractivity contribution in [3.63, 3.8) is 0 Å². The van der Waals surface area contributed by atoms with Crippen molar-refractivity contribution < 1.29 is 0 Å². The van der Waals surface area contributed by atoms with Crippen LogP contribution in [-0.4, -0.2) is 18.4 Å². The average molecular weight is 449 g/mol. The molecule has 0 aliphatic rings. The van der Waals surface area contributed by atoms with Crippen molar-refractivity contribution in [3.8, 4) is 0 Å². The molecule has 0 fully saturated rings. The molecule has 0 radical (unpaired) electrons. The van der Waals surface area contributed by atoms with Crippen LogP contribution in [0.15, 0.2) is 91.0 Å². The van der Waals surface area contributed by atoms with E-state index in [-0.39, 0.29) is 0 Å². The van der Waals surface area contributed by atoms with Gasteiger partial charge in [0.25, 0.3) is 0 Å². The maximum atomic E-state index is 2.39. The second kappa shape index (κ2) is 9.96. The van der Waals surface area contributed by atoms with Crippen LogP contribution in [0.5, 0.6) is 0 Å². The molecular formula is C25H30Sn. The molecule has 0 amide bonds. The third-order valence-corrected chi connectivity index (χ3v) is 19.9. The van der Waals surface area contributed by atoms with E-state index in [4.69, 9.17) is 0 Å². The van der Waals surface area contributed by atoms with Crippen molar-refractivity contribution in [1.29, 1.82) is 0 Å². The fourth-order valence-electron chi connectivity index (χ4n) is 4.09. The molecule has 0 bridgehead atoms. The Morgan fingerprint density at radius 2 is 0.885 bits per heavy atom. The summed E-state index contributed by atoms with van der Waals surface area (Å²) in [5, 5.41) is 0. The van der Waals surface area contributed by atoms with Gasteiger partial charge in [-0.05, 0) is 0 Å². The van der Waals surface area contributed by atoms with Gasteiger partial charge in [-0.3, -0.25) is 0 Å². The second-order valence-corrected chi connectivity index (χ2v) is 18.7. The molecule has 0 aliphatic heterocycles. The first-order valence-electron chi connectivity index (χ1n) is 10.0. The Labute approximate surface area is 163 Å². The van der Waals surface area contributed by atoms with Crippen LogP contribution in [-0.2, 0) is 0 Å². The van der Waals surface area contributed by atoms with Gasteiger partial charge in [0.15, 0.2) is 0 Å². The first kappa shape index (κ1) is 19.2. The van der Waals surface area contributed by atoms with Crippen molar-refractivity contribution in [2.75, 3.05) is 0 Å². The predicted octanol–water partition coefficient (Wildman–Crippen LogP) is 5.13. The van der Waals surface area contributed by atoms with Crippen LogP contribution in [0.25, 0.3) is 0 Å². The van der Waals surface area contributed by atoms with Crippen molar-refractivity contribution in [2.24, 2.45) is 0 Å². The molecule has 0 N–H and O–H groups in total. The third kappa shape index (κ3) is 4.40. The molecule has 0 saturated heterocycles. The second-order valence-electron chi connectivity index (χ2n) is 7.17. The zero-order valence-electron chi connectivity index (χ0n) is 15.9. The fraction of sp³-hybridized carbons (Fsp3) is 0.280. The molecule has 26 heavy (non-hydrogen) atoms. The molecular weight excluding hydrogens is 419 g/mol. The average Bonchev–Trinajstić information content (AvgIpc) is 2.73. The predicted molar refractivity (Wildman–Crippen MR) is 118 cm³/mol. The molecule has 3 rings (SSSR count). The van der Waals surface area contributed by atoms with Crippen molar-refractivity contribution >= 4 is 29.1 Å². The number of benzene rings is 3. The molecule has 0 heterocycles. The Kier molecular flexibility index (Phi) is 7.37. The maximum absolute atomic E-state index is 2.96. The van der Waals surface area contributed by atoms with E-state index in [1.165, 1.54) is 36.5 Å². The Morgan fingerprint density at radius 1 is 0.500 bits per heavy atom. The van der Waals surface area contributed by atoms with Gasteiger partial charge in [0.2, 0.25) is 0 Å². The van der Waals surface area contributed by atoms with Gasteiger partial charge in [0.05, 0.1) is 0 Å². The topological polar surface area (TPSA) is 0 Å². The van der Waals surface area contributed by atoms with Gasteiger partial charge in [-0.1, -0.05) is 0 Å². The summed E-state index contributed by atoms with van der Waals surface area (Å²) in [4.78, 5) is 0. The first-order valence-corrected chi connectivity index (χ1v) is 16.3. The van der Waals surface area contributed by atoms with Gasteiger partial charge in [-0.25, -0.2) is 0 Å². The molecule has 3 aromatic rings. The molecule has 0 spiro atoms. The number of hydrogen-bond acceptors (Lipinski definition) is 0. The molecule has 0 unspecified atom stereocenters. The van der Waals surface area contributed by atoms with Gasteiger partial charge >= 0.3 is 164 Å². The normalized spacial score (nSPS) is 11.4. The quantitative estimate of drug-likeness (QED) is 0.314. The van der Waals surface area contributed by atoms with E-state index in [0.29, 0.717) is 0 Å². The molecule has 0 saturated carbocycles. The van der Waals surface area contributed by atoms with Crippen LogP contribution < -0.4 is 10.7 Å². The Bertz CT molecular complexity index is 653. The van der Waals surface area contributed by atoms with Gasteiger partial charge < -0.3 is 0 Å². The van der Waals surface area contributed by atoms with E-state index in [9.17, 15) is 0 Å². The molecule has 0 nitrogen and oxygen atoms in total. The van der Waals surface area contributed by atoms with Gasteiger partial charge in [0, 0.05) is 0 Å². The Balaban J connectivity index is 2.06. The van der Waals surface area contributed by atoms with Crippen LogP contribution in [0.1, 0.15) is 39.0 Å². The van der Waals surface area contributed by atoms with E-state index in [2.05, 4.69) is 97.9 Å². The Hall–Kier alpha value is -1.54. The fourth-order valence-corrected chi connectivity index (χ4v) is 18.2. The number of unbranched alkanes of at least 4 members (excludes halogenated alkanes) is 4. The summed E-state index contributed by atoms with van der Waals surface area (Å²) in [5.74, 6) is 0. The minimum absolute atomic E-state index is 1.31. The molecule has 0 aliphatic carbocycles. The standard InChI is InChI=1S/C7H15.3C6H5.Sn/c1-3-5-7-6-4-2;3*1-2-4-6-5-3-1;/h1,3-7H2,2H3;3*1-5H;. The summed E-state index contributed by atoms with van der Waals surface area (Å²) in [6, 6.07) is 34.2. The molecule has 134 valence electrons. The SMILES string of the molecule is CCCCCC[CH2][Sn]([c]1ccccc1)([c]1ccccc1)[c]1ccccc1. The van der Waals surface area contributed by atoms with E-state index in [0.717, 1.165) is 0 Å². The molecule has 0 aromatic heterocycles. The van der Waals surface area contributed by atoms with E-state index in [1.54, 1.807) is 10.7 Å². The Morgan fingerprint density at radius 3 is 1.27 bits per heavy atom. The zero-order valence-corrected chi connectivity index (χ0v) is 18.8. The van der Waals surface area contributed by atoms with E-state index >= 15 is 0 Å². The van der Waals surface area contributed by atoms with Crippen molar-refractivity contribution in [2.45, 2.75) is 43.5 Å². The van der Waals surface area contributed by atoms with Crippen LogP contribution in [0, 0.1) is 0 Å². The first-order chi connectivity index (χ1) is 12.9. The van der Waals surface area contributed by atoms with E-state index < -0.39 is 18.4 Å². The minimum atomic E-state index is -2.96. The van der Waals surface area contributed by atoms with Crippen LogP contribution >= 0.6 is 0 Å². The summed E-state index contributed by atoms with van der Waals surface area (Å²) in [7, 11) is 0. The van der Waals surface area contributed by atoms with Crippen molar-refractivity contribution in [1.82, 2.24) is 0 Å². The summed E-state index contributed by atoms with van der Waals surface area (Å²) < 4.78 is 6.18. The molecule has 3 aromatic carbocycles. The van der Waals surface area contributed by atoms with Gasteiger partial charge in [-0.2, -0.15) is 0 Å². The monoisotopic (exact) mass is 450 g/mol. The summed E-state index contributed by atoms with van der Waals surface area (Å²) in [6.45, 7) is 2.29. The summed E-state index contributed by atoms with van der Waals surface area (Å²) in [6.07, 6.45) is 6.75. The third-order valence-electron chi connectivity index (χ3n) is 5.46. The summed E-state index contributed by atoms with van der Waals surface area (Å²) >= 11 is -2.96. The van der Waals surface area contributed by atoms with Crippen molar-refractivity contribution in [3.05, 3.63) is 91.0 Å². The van der Waals surface area contributed by atoms with Crippen LogP contribution in [0.4, 0.5) is 0 Å². The van der Waals surface area contributed by atoms with Crippen LogP contribution in [0.3, 0.4) is 0 Å². The zero-order chi connectivity index (χ0) is 18.1.